The van der Waals surface area contributed by atoms with Crippen LogP contribution in [0.2, 0.25) is 0 Å². The van der Waals surface area contributed by atoms with Gasteiger partial charge in [-0.25, -0.2) is 13.2 Å². The van der Waals surface area contributed by atoms with Crippen LogP contribution in [0.15, 0.2) is 65.8 Å². The van der Waals surface area contributed by atoms with Gasteiger partial charge in [0.1, 0.15) is 0 Å². The fourth-order valence-electron chi connectivity index (χ4n) is 3.52. The fraction of sp³-hybridized carbons (Fsp3) is 0.217. The Morgan fingerprint density at radius 1 is 1.12 bits per heavy atom. The van der Waals surface area contributed by atoms with E-state index in [1.807, 2.05) is 0 Å². The van der Waals surface area contributed by atoms with Crippen molar-refractivity contribution in [3.63, 3.8) is 0 Å². The average molecular weight is 476 g/mol. The zero-order chi connectivity index (χ0) is 23.8. The molecule has 0 radical (unpaired) electrons. The Balaban J connectivity index is 1.83. The van der Waals surface area contributed by atoms with E-state index in [0.29, 0.717) is 11.1 Å². The van der Waals surface area contributed by atoms with E-state index in [9.17, 15) is 26.4 Å². The molecule has 0 spiro atoms. The van der Waals surface area contributed by atoms with E-state index in [2.05, 4.69) is 14.4 Å². The number of anilines is 1. The summed E-state index contributed by atoms with van der Waals surface area (Å²) in [5.74, 6) is -0.716. The van der Waals surface area contributed by atoms with Crippen molar-refractivity contribution in [3.8, 4) is 11.1 Å². The molecule has 1 aliphatic rings. The van der Waals surface area contributed by atoms with Crippen LogP contribution in [0.25, 0.3) is 11.1 Å². The number of benzene rings is 2. The molecule has 0 amide bonds. The molecule has 0 atom stereocenters. The number of hydrogen-bond acceptors (Lipinski definition) is 5. The SMILES string of the molecule is COC(=O)c1ccc(C2CC2)c(S(=O)(=O)Nc2cc(C(F)(F)F)ccc2-c2cccnc2)c1. The highest BCUT2D eigenvalue weighted by Crippen LogP contribution is 2.44. The van der Waals surface area contributed by atoms with Crippen molar-refractivity contribution in [1.29, 1.82) is 0 Å². The number of rotatable bonds is 6. The summed E-state index contributed by atoms with van der Waals surface area (Å²) in [7, 11) is -3.18. The Morgan fingerprint density at radius 2 is 1.88 bits per heavy atom. The summed E-state index contributed by atoms with van der Waals surface area (Å²) in [4.78, 5) is 15.8. The summed E-state index contributed by atoms with van der Waals surface area (Å²) in [5, 5.41) is 0. The zero-order valence-electron chi connectivity index (χ0n) is 17.4. The number of halogens is 3. The molecule has 1 saturated carbocycles. The fourth-order valence-corrected chi connectivity index (χ4v) is 4.92. The lowest BCUT2D eigenvalue weighted by Crippen LogP contribution is -2.17. The number of carbonyl (C=O) groups excluding carboxylic acids is 1. The van der Waals surface area contributed by atoms with Crippen LogP contribution < -0.4 is 4.72 Å². The van der Waals surface area contributed by atoms with Crippen molar-refractivity contribution in [2.75, 3.05) is 11.8 Å². The van der Waals surface area contributed by atoms with E-state index in [0.717, 1.165) is 25.0 Å². The summed E-state index contributed by atoms with van der Waals surface area (Å²) in [6.45, 7) is 0. The Labute approximate surface area is 188 Å². The second-order valence-electron chi connectivity index (χ2n) is 7.62. The third-order valence-electron chi connectivity index (χ3n) is 5.31. The third kappa shape index (κ3) is 4.85. The van der Waals surface area contributed by atoms with Gasteiger partial charge in [0, 0.05) is 23.5 Å². The highest BCUT2D eigenvalue weighted by Gasteiger charge is 2.34. The van der Waals surface area contributed by atoms with Crippen molar-refractivity contribution in [1.82, 2.24) is 4.98 Å². The van der Waals surface area contributed by atoms with E-state index in [1.54, 1.807) is 18.2 Å². The minimum absolute atomic E-state index is 0.00238. The van der Waals surface area contributed by atoms with Crippen LogP contribution in [0.4, 0.5) is 18.9 Å². The average Bonchev–Trinajstić information content (AvgIpc) is 3.63. The quantitative estimate of drug-likeness (QED) is 0.493. The normalized spacial score (nSPS) is 14.1. The lowest BCUT2D eigenvalue weighted by atomic mass is 10.0. The molecule has 3 aromatic rings. The van der Waals surface area contributed by atoms with E-state index in [1.165, 1.54) is 37.7 Å². The molecular formula is C23H19F3N2O4S. The first kappa shape index (κ1) is 22.8. The number of methoxy groups -OCH3 is 1. The number of alkyl halides is 3. The van der Waals surface area contributed by atoms with Gasteiger partial charge in [-0.3, -0.25) is 9.71 Å². The van der Waals surface area contributed by atoms with Crippen LogP contribution >= 0.6 is 0 Å². The predicted octanol–water partition coefficient (Wildman–Crippen LogP) is 5.23. The molecule has 0 bridgehead atoms. The Bertz CT molecular complexity index is 1310. The molecule has 33 heavy (non-hydrogen) atoms. The number of carbonyl (C=O) groups is 1. The molecular weight excluding hydrogens is 457 g/mol. The molecule has 1 aliphatic carbocycles. The standard InChI is InChI=1S/C23H19F3N2O4S/c1-32-22(29)15-6-8-19(14-4-5-14)21(11-15)33(30,31)28-20-12-17(23(24,25)26)7-9-18(20)16-3-2-10-27-13-16/h2-3,6-14,28H,4-5H2,1H3. The zero-order valence-corrected chi connectivity index (χ0v) is 18.2. The Kier molecular flexibility index (Phi) is 5.87. The van der Waals surface area contributed by atoms with Crippen molar-refractivity contribution in [3.05, 3.63) is 77.6 Å². The van der Waals surface area contributed by atoms with Gasteiger partial charge in [0.2, 0.25) is 0 Å². The van der Waals surface area contributed by atoms with Crippen molar-refractivity contribution in [2.45, 2.75) is 29.8 Å². The number of ether oxygens (including phenoxy) is 1. The van der Waals surface area contributed by atoms with Crippen LogP contribution in [-0.2, 0) is 20.9 Å². The van der Waals surface area contributed by atoms with Gasteiger partial charge in [-0.05, 0) is 54.7 Å². The van der Waals surface area contributed by atoms with Gasteiger partial charge in [0.15, 0.2) is 0 Å². The molecule has 1 aromatic heterocycles. The van der Waals surface area contributed by atoms with Crippen molar-refractivity contribution in [2.24, 2.45) is 0 Å². The maximum atomic E-state index is 13.4. The van der Waals surface area contributed by atoms with Gasteiger partial charge in [0.25, 0.3) is 10.0 Å². The number of hydrogen-bond donors (Lipinski definition) is 1. The van der Waals surface area contributed by atoms with E-state index >= 15 is 0 Å². The van der Waals surface area contributed by atoms with Gasteiger partial charge in [-0.1, -0.05) is 18.2 Å². The first-order chi connectivity index (χ1) is 15.6. The number of pyridine rings is 1. The second kappa shape index (κ2) is 8.51. The number of sulfonamides is 1. The maximum Gasteiger partial charge on any atom is 0.416 e. The summed E-state index contributed by atoms with van der Waals surface area (Å²) in [6, 6.07) is 10.3. The maximum absolute atomic E-state index is 13.4. The lowest BCUT2D eigenvalue weighted by Gasteiger charge is -2.17. The van der Waals surface area contributed by atoms with Gasteiger partial charge < -0.3 is 4.74 Å². The first-order valence-corrected chi connectivity index (χ1v) is 11.4. The largest absolute Gasteiger partial charge is 0.465 e. The number of nitrogens with one attached hydrogen (secondary N) is 1. The first-order valence-electron chi connectivity index (χ1n) is 9.97. The molecule has 1 fully saturated rings. The molecule has 1 heterocycles. The number of nitrogens with zero attached hydrogens (tertiary/aromatic N) is 1. The minimum atomic E-state index is -4.67. The Morgan fingerprint density at radius 3 is 2.48 bits per heavy atom. The van der Waals surface area contributed by atoms with Crippen molar-refractivity contribution < 1.29 is 31.1 Å². The van der Waals surface area contributed by atoms with Gasteiger partial charge in [0.05, 0.1) is 28.8 Å². The molecule has 10 heteroatoms. The smallest absolute Gasteiger partial charge is 0.416 e. The Hall–Kier alpha value is -3.40. The molecule has 2 aromatic carbocycles. The molecule has 1 N–H and O–H groups in total. The van der Waals surface area contributed by atoms with Crippen LogP contribution in [0.3, 0.4) is 0 Å². The second-order valence-corrected chi connectivity index (χ2v) is 9.27. The minimum Gasteiger partial charge on any atom is -0.465 e. The van der Waals surface area contributed by atoms with E-state index < -0.39 is 27.7 Å². The number of esters is 1. The van der Waals surface area contributed by atoms with Crippen LogP contribution in [-0.4, -0.2) is 26.5 Å². The molecule has 172 valence electrons. The summed E-state index contributed by atoms with van der Waals surface area (Å²) in [6.07, 6.45) is -0.182. The summed E-state index contributed by atoms with van der Waals surface area (Å²) >= 11 is 0. The van der Waals surface area contributed by atoms with E-state index in [4.69, 9.17) is 0 Å². The summed E-state index contributed by atoms with van der Waals surface area (Å²) < 4.78 is 73.9. The molecule has 0 aliphatic heterocycles. The summed E-state index contributed by atoms with van der Waals surface area (Å²) in [5.41, 5.74) is -0.0445. The van der Waals surface area contributed by atoms with Crippen LogP contribution in [0.5, 0.6) is 0 Å². The molecule has 4 rings (SSSR count). The predicted molar refractivity (Wildman–Crippen MR) is 115 cm³/mol. The lowest BCUT2D eigenvalue weighted by molar-refractivity contribution is -0.137. The molecule has 0 unspecified atom stereocenters. The van der Waals surface area contributed by atoms with Crippen molar-refractivity contribution >= 4 is 21.7 Å². The van der Waals surface area contributed by atoms with Crippen LogP contribution in [0, 0.1) is 0 Å². The van der Waals surface area contributed by atoms with Gasteiger partial charge in [-0.2, -0.15) is 13.2 Å². The number of aromatic nitrogens is 1. The highest BCUT2D eigenvalue weighted by molar-refractivity contribution is 7.92. The van der Waals surface area contributed by atoms with Gasteiger partial charge >= 0.3 is 12.1 Å². The highest BCUT2D eigenvalue weighted by atomic mass is 32.2. The molecule has 0 saturated heterocycles. The van der Waals surface area contributed by atoms with Crippen LogP contribution in [0.1, 0.15) is 40.2 Å². The monoisotopic (exact) mass is 476 g/mol. The topological polar surface area (TPSA) is 85.4 Å². The molecule has 6 nitrogen and oxygen atoms in total. The van der Waals surface area contributed by atoms with Gasteiger partial charge in [-0.15, -0.1) is 0 Å². The third-order valence-corrected chi connectivity index (χ3v) is 6.73. The van der Waals surface area contributed by atoms with E-state index in [-0.39, 0.29) is 27.6 Å².